The van der Waals surface area contributed by atoms with E-state index in [9.17, 15) is 4.79 Å². The van der Waals surface area contributed by atoms with E-state index in [-0.39, 0.29) is 0 Å². The Balaban J connectivity index is 1.75. The molecule has 4 N–H and O–H groups in total. The molecule has 7 heteroatoms. The molecular weight excluding hydrogens is 386 g/mol. The lowest BCUT2D eigenvalue weighted by atomic mass is 9.95. The molecule has 146 valence electrons. The van der Waals surface area contributed by atoms with Gasteiger partial charge in [0.15, 0.2) is 5.96 Å². The summed E-state index contributed by atoms with van der Waals surface area (Å²) in [6, 6.07) is 16.9. The molecule has 0 saturated heterocycles. The van der Waals surface area contributed by atoms with E-state index in [4.69, 9.17) is 17.3 Å². The molecule has 2 aromatic carbocycles. The van der Waals surface area contributed by atoms with Crippen LogP contribution in [0.5, 0.6) is 0 Å². The first-order valence-electron chi connectivity index (χ1n) is 9.28. The lowest BCUT2D eigenvalue weighted by Crippen LogP contribution is -2.33. The summed E-state index contributed by atoms with van der Waals surface area (Å²) in [6.07, 6.45) is 1.73. The van der Waals surface area contributed by atoms with Crippen LogP contribution in [0.25, 0.3) is 22.4 Å². The van der Waals surface area contributed by atoms with Crippen molar-refractivity contribution in [3.63, 3.8) is 0 Å². The standard InChI is InChI=1S/C22H20ClN5O/c23-19-7-6-14(11-18(19)20-3-1-2-8-25-20)17-12-15(21(24)29)4-5-16(17)13-28-22-26-9-10-27-22/h1-8,11-12H,9-10,13H2,(H2,24,29)(H2,26,27,28). The summed E-state index contributed by atoms with van der Waals surface area (Å²) in [6.45, 7) is 2.16. The molecule has 0 bridgehead atoms. The predicted molar refractivity (Wildman–Crippen MR) is 116 cm³/mol. The van der Waals surface area contributed by atoms with Crippen LogP contribution in [0, 0.1) is 0 Å². The van der Waals surface area contributed by atoms with E-state index in [1.54, 1.807) is 12.3 Å². The van der Waals surface area contributed by atoms with Crippen molar-refractivity contribution in [3.8, 4) is 22.4 Å². The van der Waals surface area contributed by atoms with E-state index in [1.165, 1.54) is 0 Å². The fraction of sp³-hybridized carbons (Fsp3) is 0.136. The highest BCUT2D eigenvalue weighted by atomic mass is 35.5. The van der Waals surface area contributed by atoms with E-state index in [1.807, 2.05) is 48.5 Å². The fourth-order valence-electron chi connectivity index (χ4n) is 3.26. The number of rotatable bonds is 5. The zero-order valence-electron chi connectivity index (χ0n) is 15.7. The Hall–Kier alpha value is -3.38. The van der Waals surface area contributed by atoms with Crippen LogP contribution in [0.4, 0.5) is 0 Å². The number of aliphatic imine (C=N–C) groups is 1. The van der Waals surface area contributed by atoms with Gasteiger partial charge in [-0.05, 0) is 53.1 Å². The van der Waals surface area contributed by atoms with Crippen molar-refractivity contribution in [2.24, 2.45) is 10.7 Å². The maximum absolute atomic E-state index is 11.8. The number of nitrogens with zero attached hydrogens (tertiary/aromatic N) is 2. The minimum atomic E-state index is -0.466. The maximum Gasteiger partial charge on any atom is 0.248 e. The van der Waals surface area contributed by atoms with Gasteiger partial charge in [-0.25, -0.2) is 0 Å². The molecule has 0 unspecified atom stereocenters. The Kier molecular flexibility index (Phi) is 5.44. The van der Waals surface area contributed by atoms with Gasteiger partial charge in [0.2, 0.25) is 5.91 Å². The highest BCUT2D eigenvalue weighted by molar-refractivity contribution is 6.33. The van der Waals surface area contributed by atoms with E-state index < -0.39 is 5.91 Å². The number of nitrogens with one attached hydrogen (secondary N) is 2. The van der Waals surface area contributed by atoms with Crippen LogP contribution in [0.3, 0.4) is 0 Å². The van der Waals surface area contributed by atoms with Crippen molar-refractivity contribution in [3.05, 3.63) is 76.9 Å². The number of hydrogen-bond donors (Lipinski definition) is 3. The van der Waals surface area contributed by atoms with Gasteiger partial charge >= 0.3 is 0 Å². The molecule has 4 rings (SSSR count). The lowest BCUT2D eigenvalue weighted by molar-refractivity contribution is 0.100. The van der Waals surface area contributed by atoms with Crippen LogP contribution in [-0.2, 0) is 6.54 Å². The van der Waals surface area contributed by atoms with Gasteiger partial charge in [0, 0.05) is 35.4 Å². The number of carbonyl (C=O) groups excluding carboxylic acids is 1. The van der Waals surface area contributed by atoms with Crippen molar-refractivity contribution in [2.75, 3.05) is 13.1 Å². The van der Waals surface area contributed by atoms with E-state index in [2.05, 4.69) is 20.6 Å². The molecule has 29 heavy (non-hydrogen) atoms. The van der Waals surface area contributed by atoms with Crippen molar-refractivity contribution in [1.29, 1.82) is 0 Å². The van der Waals surface area contributed by atoms with E-state index in [0.29, 0.717) is 17.1 Å². The second-order valence-electron chi connectivity index (χ2n) is 6.66. The topological polar surface area (TPSA) is 92.4 Å². The first-order valence-corrected chi connectivity index (χ1v) is 9.66. The average Bonchev–Trinajstić information content (AvgIpc) is 3.27. The summed E-state index contributed by atoms with van der Waals surface area (Å²) in [5, 5.41) is 7.11. The van der Waals surface area contributed by atoms with Crippen molar-refractivity contribution >= 4 is 23.5 Å². The smallest absolute Gasteiger partial charge is 0.248 e. The number of nitrogens with two attached hydrogens (primary N) is 1. The first kappa shape index (κ1) is 19.0. The van der Waals surface area contributed by atoms with Gasteiger partial charge in [-0.3, -0.25) is 14.8 Å². The molecule has 2 heterocycles. The summed E-state index contributed by atoms with van der Waals surface area (Å²) >= 11 is 6.44. The molecule has 0 radical (unpaired) electrons. The number of amides is 1. The molecule has 0 saturated carbocycles. The van der Waals surface area contributed by atoms with Crippen LogP contribution in [0.2, 0.25) is 5.02 Å². The third-order valence-electron chi connectivity index (χ3n) is 4.73. The average molecular weight is 406 g/mol. The molecule has 0 spiro atoms. The van der Waals surface area contributed by atoms with Gasteiger partial charge in [-0.15, -0.1) is 0 Å². The number of benzene rings is 2. The van der Waals surface area contributed by atoms with Gasteiger partial charge in [0.1, 0.15) is 0 Å². The molecule has 1 aliphatic rings. The summed E-state index contributed by atoms with van der Waals surface area (Å²) < 4.78 is 0. The molecule has 1 aromatic heterocycles. The third-order valence-corrected chi connectivity index (χ3v) is 5.06. The summed E-state index contributed by atoms with van der Waals surface area (Å²) in [5.74, 6) is 0.312. The number of carbonyl (C=O) groups is 1. The highest BCUT2D eigenvalue weighted by Gasteiger charge is 2.13. The van der Waals surface area contributed by atoms with Gasteiger partial charge in [-0.1, -0.05) is 29.8 Å². The zero-order valence-corrected chi connectivity index (χ0v) is 16.4. The SMILES string of the molecule is NC(=O)c1ccc(CNC2=NCCN2)c(-c2ccc(Cl)c(-c3ccccn3)c2)c1. The molecule has 0 atom stereocenters. The lowest BCUT2D eigenvalue weighted by Gasteiger charge is -2.15. The van der Waals surface area contributed by atoms with Crippen LogP contribution < -0.4 is 16.4 Å². The Morgan fingerprint density at radius 1 is 1.14 bits per heavy atom. The minimum absolute atomic E-state index is 0.453. The summed E-state index contributed by atoms with van der Waals surface area (Å²) in [5.41, 5.74) is 10.4. The van der Waals surface area contributed by atoms with Gasteiger partial charge in [0.05, 0.1) is 12.2 Å². The minimum Gasteiger partial charge on any atom is -0.366 e. The van der Waals surface area contributed by atoms with E-state index >= 15 is 0 Å². The van der Waals surface area contributed by atoms with Crippen molar-refractivity contribution in [1.82, 2.24) is 15.6 Å². The van der Waals surface area contributed by atoms with Gasteiger partial charge < -0.3 is 16.4 Å². The Labute approximate surface area is 173 Å². The number of hydrogen-bond acceptors (Lipinski definition) is 5. The first-order chi connectivity index (χ1) is 14.1. The normalized spacial score (nSPS) is 12.9. The highest BCUT2D eigenvalue weighted by Crippen LogP contribution is 2.33. The fourth-order valence-corrected chi connectivity index (χ4v) is 3.47. The number of guanidine groups is 1. The van der Waals surface area contributed by atoms with Gasteiger partial charge in [-0.2, -0.15) is 0 Å². The van der Waals surface area contributed by atoms with Crippen LogP contribution >= 0.6 is 11.6 Å². The van der Waals surface area contributed by atoms with Gasteiger partial charge in [0.25, 0.3) is 0 Å². The number of pyridine rings is 1. The Morgan fingerprint density at radius 2 is 2.03 bits per heavy atom. The summed E-state index contributed by atoms with van der Waals surface area (Å²) in [7, 11) is 0. The van der Waals surface area contributed by atoms with Crippen molar-refractivity contribution in [2.45, 2.75) is 6.54 Å². The monoisotopic (exact) mass is 405 g/mol. The predicted octanol–water partition coefficient (Wildman–Crippen LogP) is 3.22. The molecule has 0 aliphatic carbocycles. The van der Waals surface area contributed by atoms with Crippen LogP contribution in [0.15, 0.2) is 65.8 Å². The molecule has 0 fully saturated rings. The quantitative estimate of drug-likeness (QED) is 0.607. The molecule has 1 amide bonds. The molecular formula is C22H20ClN5O. The number of aromatic nitrogens is 1. The third kappa shape index (κ3) is 4.22. The van der Waals surface area contributed by atoms with Crippen LogP contribution in [0.1, 0.15) is 15.9 Å². The second kappa shape index (κ2) is 8.32. The zero-order chi connectivity index (χ0) is 20.2. The number of primary amides is 1. The van der Waals surface area contributed by atoms with Crippen LogP contribution in [-0.4, -0.2) is 29.9 Å². The Bertz CT molecular complexity index is 1080. The Morgan fingerprint density at radius 3 is 2.76 bits per heavy atom. The van der Waals surface area contributed by atoms with E-state index in [0.717, 1.165) is 47.0 Å². The molecule has 1 aliphatic heterocycles. The summed E-state index contributed by atoms with van der Waals surface area (Å²) in [4.78, 5) is 20.5. The largest absolute Gasteiger partial charge is 0.366 e. The molecule has 3 aromatic rings. The second-order valence-corrected chi connectivity index (χ2v) is 7.06. The number of halogens is 1. The van der Waals surface area contributed by atoms with Crippen molar-refractivity contribution < 1.29 is 4.79 Å². The maximum atomic E-state index is 11.8. The molecule has 6 nitrogen and oxygen atoms in total.